The van der Waals surface area contributed by atoms with Crippen LogP contribution in [0.25, 0.3) is 0 Å². The molecule has 0 spiro atoms. The Morgan fingerprint density at radius 1 is 1.13 bits per heavy atom. The van der Waals surface area contributed by atoms with Gasteiger partial charge in [0.05, 0.1) is 0 Å². The van der Waals surface area contributed by atoms with Crippen molar-refractivity contribution < 1.29 is 36.2 Å². The Labute approximate surface area is 186 Å². The molecule has 0 bridgehead atoms. The average Bonchev–Trinajstić information content (AvgIpc) is 2.68. The van der Waals surface area contributed by atoms with Crippen molar-refractivity contribution in [1.82, 2.24) is 15.6 Å². The number of hydrogen-bond donors (Lipinski definition) is 3. The van der Waals surface area contributed by atoms with Crippen LogP contribution in [0.2, 0.25) is 0 Å². The number of benzene rings is 1. The lowest BCUT2D eigenvalue weighted by molar-refractivity contribution is -0.288. The number of aliphatic hydroxyl groups is 1. The van der Waals surface area contributed by atoms with Crippen LogP contribution >= 0.6 is 28.1 Å². The van der Waals surface area contributed by atoms with E-state index >= 15 is 0 Å². The Morgan fingerprint density at radius 2 is 1.71 bits per heavy atom. The van der Waals surface area contributed by atoms with Gasteiger partial charge in [-0.15, -0.1) is 0 Å². The maximum Gasteiger partial charge on any atom is 0.420 e. The van der Waals surface area contributed by atoms with Crippen molar-refractivity contribution in [2.75, 3.05) is 0 Å². The molecule has 168 valence electrons. The molecule has 0 aliphatic carbocycles. The number of carbonyl (C=O) groups excluding carboxylic acids is 1. The molecule has 1 amide bonds. The number of halogens is 7. The van der Waals surface area contributed by atoms with Crippen LogP contribution < -0.4 is 10.6 Å². The van der Waals surface area contributed by atoms with Crippen molar-refractivity contribution in [3.63, 3.8) is 0 Å². The summed E-state index contributed by atoms with van der Waals surface area (Å²) in [4.78, 5) is 15.7. The molecular formula is C18H14BrF6N3O2S. The van der Waals surface area contributed by atoms with Crippen molar-refractivity contribution in [2.45, 2.75) is 30.7 Å². The smallest absolute Gasteiger partial charge is 0.379 e. The Kier molecular flexibility index (Phi) is 7.33. The zero-order valence-corrected chi connectivity index (χ0v) is 17.9. The highest BCUT2D eigenvalue weighted by Gasteiger charge is 2.66. The third kappa shape index (κ3) is 5.33. The molecule has 2 rings (SSSR count). The van der Waals surface area contributed by atoms with Crippen LogP contribution in [0.15, 0.2) is 47.1 Å². The summed E-state index contributed by atoms with van der Waals surface area (Å²) in [6.07, 6.45) is -9.96. The zero-order valence-electron chi connectivity index (χ0n) is 15.5. The van der Waals surface area contributed by atoms with Gasteiger partial charge in [0.2, 0.25) is 6.10 Å². The quantitative estimate of drug-likeness (QED) is 0.309. The summed E-state index contributed by atoms with van der Waals surface area (Å²) in [5.41, 5.74) is -4.43. The molecule has 0 saturated heterocycles. The third-order valence-corrected chi connectivity index (χ3v) is 4.88. The van der Waals surface area contributed by atoms with E-state index < -0.39 is 46.3 Å². The highest BCUT2D eigenvalue weighted by Crippen LogP contribution is 2.45. The fraction of sp³-hybridized carbons (Fsp3) is 0.278. The number of alkyl halides is 5. The number of nitrogens with one attached hydrogen (secondary N) is 2. The monoisotopic (exact) mass is 529 g/mol. The second-order valence-corrected chi connectivity index (χ2v) is 7.65. The number of hydrogen-bond acceptors (Lipinski definition) is 4. The van der Waals surface area contributed by atoms with Gasteiger partial charge in [0.25, 0.3) is 5.91 Å². The Balaban J connectivity index is 2.48. The lowest BCUT2D eigenvalue weighted by atomic mass is 9.85. The molecule has 0 fully saturated rings. The fourth-order valence-electron chi connectivity index (χ4n) is 2.57. The van der Waals surface area contributed by atoms with E-state index in [0.717, 1.165) is 6.07 Å². The van der Waals surface area contributed by atoms with Crippen molar-refractivity contribution >= 4 is 39.2 Å². The summed E-state index contributed by atoms with van der Waals surface area (Å²) >= 11 is 7.63. The van der Waals surface area contributed by atoms with Crippen LogP contribution in [0.5, 0.6) is 0 Å². The molecule has 3 N–H and O–H groups in total. The summed E-state index contributed by atoms with van der Waals surface area (Å²) in [6.45, 7) is 0.473. The molecule has 1 aromatic carbocycles. The fourth-order valence-corrected chi connectivity index (χ4v) is 3.18. The molecule has 5 nitrogen and oxygen atoms in total. The van der Waals surface area contributed by atoms with E-state index in [2.05, 4.69) is 20.9 Å². The van der Waals surface area contributed by atoms with Crippen molar-refractivity contribution in [2.24, 2.45) is 0 Å². The number of thiocarbonyl (C=S) groups is 1. The molecule has 13 heteroatoms. The maximum absolute atomic E-state index is 15.0. The van der Waals surface area contributed by atoms with Crippen LogP contribution in [-0.4, -0.2) is 39.3 Å². The first kappa shape index (κ1) is 25.0. The minimum atomic E-state index is -5.76. The minimum Gasteiger partial charge on any atom is -0.379 e. The third-order valence-electron chi connectivity index (χ3n) is 4.23. The van der Waals surface area contributed by atoms with E-state index in [1.54, 1.807) is 6.07 Å². The first-order valence-corrected chi connectivity index (χ1v) is 9.54. The number of rotatable bonds is 5. The predicted octanol–water partition coefficient (Wildman–Crippen LogP) is 4.06. The predicted molar refractivity (Wildman–Crippen MR) is 106 cm³/mol. The molecular weight excluding hydrogens is 516 g/mol. The van der Waals surface area contributed by atoms with Crippen LogP contribution in [-0.2, 0) is 5.54 Å². The second-order valence-electron chi connectivity index (χ2n) is 6.43. The highest BCUT2D eigenvalue weighted by molar-refractivity contribution is 9.10. The SMILES string of the molecule is CC(NC(=S)NC(=O)c1ccccc1)(c1nc(Br)ccc1F)C(F)(F)[C@H](O)C(F)(F)F. The van der Waals surface area contributed by atoms with Crippen molar-refractivity contribution in [1.29, 1.82) is 0 Å². The van der Waals surface area contributed by atoms with E-state index in [1.807, 2.05) is 10.6 Å². The molecule has 1 unspecified atom stereocenters. The largest absolute Gasteiger partial charge is 0.420 e. The molecule has 31 heavy (non-hydrogen) atoms. The first-order valence-electron chi connectivity index (χ1n) is 8.34. The number of carbonyl (C=O) groups is 1. The lowest BCUT2D eigenvalue weighted by Crippen LogP contribution is -2.65. The second kappa shape index (κ2) is 9.09. The number of amides is 1. The number of aliphatic hydroxyl groups excluding tert-OH is 1. The highest BCUT2D eigenvalue weighted by atomic mass is 79.9. The van der Waals surface area contributed by atoms with Gasteiger partial charge in [0.1, 0.15) is 21.7 Å². The summed E-state index contributed by atoms with van der Waals surface area (Å²) < 4.78 is 83.0. The standard InChI is InChI=1S/C18H14BrF6N3O2S/c1-16(12-10(20)7-8-11(19)26-12,17(21,22)14(30)18(23,24)25)28-15(31)27-13(29)9-5-3-2-4-6-9/h2-8,14,30H,1H3,(H2,27,28,29,31)/t14-,16?/m0/s1. The van der Waals surface area contributed by atoms with Gasteiger partial charge in [-0.1, -0.05) is 18.2 Å². The van der Waals surface area contributed by atoms with E-state index in [-0.39, 0.29) is 10.2 Å². The van der Waals surface area contributed by atoms with Gasteiger partial charge in [0, 0.05) is 5.56 Å². The maximum atomic E-state index is 15.0. The number of pyridine rings is 1. The topological polar surface area (TPSA) is 74.2 Å². The van der Waals surface area contributed by atoms with Gasteiger partial charge in [0.15, 0.2) is 5.11 Å². The molecule has 2 aromatic rings. The van der Waals surface area contributed by atoms with E-state index in [9.17, 15) is 36.2 Å². The number of nitrogens with zero attached hydrogens (tertiary/aromatic N) is 1. The van der Waals surface area contributed by atoms with E-state index in [0.29, 0.717) is 13.0 Å². The molecule has 0 aliphatic rings. The molecule has 1 aromatic heterocycles. The molecule has 1 heterocycles. The van der Waals surface area contributed by atoms with Crippen molar-refractivity contribution in [3.05, 3.63) is 64.1 Å². The van der Waals surface area contributed by atoms with Gasteiger partial charge in [-0.25, -0.2) is 18.2 Å². The summed E-state index contributed by atoms with van der Waals surface area (Å²) in [6, 6.07) is 9.07. The van der Waals surface area contributed by atoms with Crippen LogP contribution in [0.3, 0.4) is 0 Å². The minimum absolute atomic E-state index is 0.0715. The van der Waals surface area contributed by atoms with Gasteiger partial charge < -0.3 is 10.4 Å². The Bertz CT molecular complexity index is 977. The molecule has 0 aliphatic heterocycles. The summed E-state index contributed by atoms with van der Waals surface area (Å²) in [7, 11) is 0. The van der Waals surface area contributed by atoms with Crippen molar-refractivity contribution in [3.8, 4) is 0 Å². The van der Waals surface area contributed by atoms with Gasteiger partial charge in [-0.3, -0.25) is 10.1 Å². The summed E-state index contributed by atoms with van der Waals surface area (Å²) in [5.74, 6) is -7.34. The number of aromatic nitrogens is 1. The lowest BCUT2D eigenvalue weighted by Gasteiger charge is -2.41. The molecule has 2 atom stereocenters. The summed E-state index contributed by atoms with van der Waals surface area (Å²) in [5, 5.41) is 12.4. The van der Waals surface area contributed by atoms with Gasteiger partial charge >= 0.3 is 12.1 Å². The van der Waals surface area contributed by atoms with E-state index in [1.165, 1.54) is 24.3 Å². The molecule has 0 saturated carbocycles. The van der Waals surface area contributed by atoms with Crippen LogP contribution in [0, 0.1) is 5.82 Å². The molecule has 0 radical (unpaired) electrons. The first-order chi connectivity index (χ1) is 14.2. The Morgan fingerprint density at radius 3 is 2.26 bits per heavy atom. The van der Waals surface area contributed by atoms with Crippen LogP contribution in [0.4, 0.5) is 26.3 Å². The van der Waals surface area contributed by atoms with Gasteiger partial charge in [-0.05, 0) is 59.3 Å². The van der Waals surface area contributed by atoms with Crippen LogP contribution in [0.1, 0.15) is 23.0 Å². The van der Waals surface area contributed by atoms with E-state index in [4.69, 9.17) is 12.2 Å². The Hall–Kier alpha value is -2.25. The van der Waals surface area contributed by atoms with Gasteiger partial charge in [-0.2, -0.15) is 13.2 Å². The average molecular weight is 530 g/mol. The zero-order chi connectivity index (χ0) is 23.6. The normalized spacial score (nSPS) is 15.0.